The minimum atomic E-state index is -1.13. The number of nitrogens with one attached hydrogen (secondary N) is 3. The summed E-state index contributed by atoms with van der Waals surface area (Å²) in [4.78, 5) is 25.3. The molecule has 0 radical (unpaired) electrons. The van der Waals surface area contributed by atoms with Crippen LogP contribution in [0.1, 0.15) is 6.92 Å². The average Bonchev–Trinajstić information content (AvgIpc) is 2.06. The number of halogens is 1. The van der Waals surface area contributed by atoms with Crippen molar-refractivity contribution in [2.45, 2.75) is 13.1 Å². The molecule has 0 saturated carbocycles. The van der Waals surface area contributed by atoms with Crippen LogP contribution in [0.25, 0.3) is 0 Å². The average molecular weight is 189 g/mol. The van der Waals surface area contributed by atoms with Crippen LogP contribution < -0.4 is 16.1 Å². The van der Waals surface area contributed by atoms with Gasteiger partial charge in [0.15, 0.2) is 12.0 Å². The van der Waals surface area contributed by atoms with Crippen LogP contribution in [0, 0.1) is 0 Å². The Morgan fingerprint density at radius 3 is 3.08 bits per heavy atom. The first-order valence-electron chi connectivity index (χ1n) is 3.45. The van der Waals surface area contributed by atoms with Crippen molar-refractivity contribution >= 4 is 12.0 Å². The lowest BCUT2D eigenvalue weighted by atomic mass is 10.4. The molecule has 0 aromatic heterocycles. The standard InChI is InChI=1S/C6H8FN3O3/c1-3(11)13-10-5-4(7)2-8-6(12)9-5/h2,5,10H,1H3,(H2,8,9,12). The van der Waals surface area contributed by atoms with E-state index in [9.17, 15) is 14.0 Å². The van der Waals surface area contributed by atoms with Gasteiger partial charge < -0.3 is 15.5 Å². The van der Waals surface area contributed by atoms with E-state index in [0.29, 0.717) is 0 Å². The van der Waals surface area contributed by atoms with Gasteiger partial charge in [-0.25, -0.2) is 9.18 Å². The van der Waals surface area contributed by atoms with Gasteiger partial charge in [-0.15, -0.1) is 5.48 Å². The summed E-state index contributed by atoms with van der Waals surface area (Å²) in [6.45, 7) is 1.15. The highest BCUT2D eigenvalue weighted by molar-refractivity contribution is 5.76. The topological polar surface area (TPSA) is 79.5 Å². The molecule has 7 heteroatoms. The number of hydroxylamine groups is 1. The van der Waals surface area contributed by atoms with Crippen LogP contribution in [0.5, 0.6) is 0 Å². The molecule has 3 N–H and O–H groups in total. The summed E-state index contributed by atoms with van der Waals surface area (Å²) in [5.41, 5.74) is 2.04. The highest BCUT2D eigenvalue weighted by Gasteiger charge is 2.21. The molecule has 0 saturated heterocycles. The van der Waals surface area contributed by atoms with Gasteiger partial charge in [0, 0.05) is 13.1 Å². The lowest BCUT2D eigenvalue weighted by Crippen LogP contribution is -2.52. The summed E-state index contributed by atoms with van der Waals surface area (Å²) in [7, 11) is 0. The number of hydrogen-bond acceptors (Lipinski definition) is 4. The maximum absolute atomic E-state index is 12.8. The molecule has 0 aliphatic carbocycles. The van der Waals surface area contributed by atoms with E-state index in [1.807, 2.05) is 5.48 Å². The van der Waals surface area contributed by atoms with Gasteiger partial charge in [0.2, 0.25) is 0 Å². The van der Waals surface area contributed by atoms with Gasteiger partial charge >= 0.3 is 12.0 Å². The molecule has 2 amide bonds. The number of carbonyl (C=O) groups is 2. The minimum Gasteiger partial charge on any atom is -0.369 e. The first kappa shape index (κ1) is 9.46. The maximum Gasteiger partial charge on any atom is 0.321 e. The fourth-order valence-electron chi connectivity index (χ4n) is 0.687. The Morgan fingerprint density at radius 2 is 2.46 bits per heavy atom. The minimum absolute atomic E-state index is 0.578. The Hall–Kier alpha value is -1.63. The lowest BCUT2D eigenvalue weighted by molar-refractivity contribution is -0.150. The molecule has 72 valence electrons. The summed E-state index contributed by atoms with van der Waals surface area (Å²) in [6.07, 6.45) is -0.252. The van der Waals surface area contributed by atoms with Crippen LogP contribution in [-0.4, -0.2) is 18.2 Å². The zero-order valence-corrected chi connectivity index (χ0v) is 6.76. The van der Waals surface area contributed by atoms with Crippen LogP contribution in [0.4, 0.5) is 9.18 Å². The van der Waals surface area contributed by atoms with Gasteiger partial charge in [-0.1, -0.05) is 0 Å². The molecule has 1 rings (SSSR count). The number of hydrogen-bond donors (Lipinski definition) is 3. The van der Waals surface area contributed by atoms with Crippen molar-refractivity contribution in [1.82, 2.24) is 16.1 Å². The first-order chi connectivity index (χ1) is 6.09. The largest absolute Gasteiger partial charge is 0.369 e. The van der Waals surface area contributed by atoms with E-state index < -0.39 is 24.0 Å². The van der Waals surface area contributed by atoms with Gasteiger partial charge in [-0.05, 0) is 0 Å². The highest BCUT2D eigenvalue weighted by atomic mass is 19.1. The molecular formula is C6H8FN3O3. The van der Waals surface area contributed by atoms with Crippen molar-refractivity contribution in [3.8, 4) is 0 Å². The van der Waals surface area contributed by atoms with Gasteiger partial charge in [-0.3, -0.25) is 4.79 Å². The van der Waals surface area contributed by atoms with Crippen molar-refractivity contribution < 1.29 is 18.8 Å². The lowest BCUT2D eigenvalue weighted by Gasteiger charge is -2.20. The van der Waals surface area contributed by atoms with Gasteiger partial charge in [-0.2, -0.15) is 0 Å². The van der Waals surface area contributed by atoms with Crippen molar-refractivity contribution in [2.24, 2.45) is 0 Å². The van der Waals surface area contributed by atoms with Crippen molar-refractivity contribution in [1.29, 1.82) is 0 Å². The monoisotopic (exact) mass is 189 g/mol. The van der Waals surface area contributed by atoms with Crippen molar-refractivity contribution in [3.63, 3.8) is 0 Å². The number of urea groups is 1. The second-order valence-electron chi connectivity index (χ2n) is 2.29. The molecule has 0 spiro atoms. The van der Waals surface area contributed by atoms with Crippen LogP contribution >= 0.6 is 0 Å². The zero-order valence-electron chi connectivity index (χ0n) is 6.76. The van der Waals surface area contributed by atoms with Crippen molar-refractivity contribution in [2.75, 3.05) is 0 Å². The maximum atomic E-state index is 12.8. The van der Waals surface area contributed by atoms with E-state index in [0.717, 1.165) is 13.1 Å². The van der Waals surface area contributed by atoms with Gasteiger partial charge in [0.1, 0.15) is 0 Å². The highest BCUT2D eigenvalue weighted by Crippen LogP contribution is 2.03. The number of carbonyl (C=O) groups excluding carboxylic acids is 2. The third kappa shape index (κ3) is 2.71. The molecule has 0 bridgehead atoms. The van der Waals surface area contributed by atoms with Crippen molar-refractivity contribution in [3.05, 3.63) is 12.0 Å². The van der Waals surface area contributed by atoms with E-state index in [4.69, 9.17) is 0 Å². The SMILES string of the molecule is CC(=O)ONC1NC(=O)NC=C1F. The molecule has 1 aliphatic heterocycles. The first-order valence-corrected chi connectivity index (χ1v) is 3.45. The van der Waals surface area contributed by atoms with Crippen LogP contribution in [0.2, 0.25) is 0 Å². The van der Waals surface area contributed by atoms with Crippen LogP contribution in [0.3, 0.4) is 0 Å². The molecule has 1 atom stereocenters. The molecule has 1 unspecified atom stereocenters. The second-order valence-corrected chi connectivity index (χ2v) is 2.29. The van der Waals surface area contributed by atoms with E-state index in [-0.39, 0.29) is 0 Å². The predicted molar refractivity (Wildman–Crippen MR) is 39.5 cm³/mol. The summed E-state index contributed by atoms with van der Waals surface area (Å²) < 4.78 is 12.8. The smallest absolute Gasteiger partial charge is 0.321 e. The summed E-state index contributed by atoms with van der Waals surface area (Å²) in [5, 5.41) is 4.22. The second kappa shape index (κ2) is 3.85. The van der Waals surface area contributed by atoms with Gasteiger partial charge in [0.25, 0.3) is 0 Å². The predicted octanol–water partition coefficient (Wildman–Crippen LogP) is -0.496. The fraction of sp³-hybridized carbons (Fsp3) is 0.333. The Labute approximate surface area is 73.1 Å². The fourth-order valence-corrected chi connectivity index (χ4v) is 0.687. The quantitative estimate of drug-likeness (QED) is 0.512. The molecule has 1 aliphatic rings. The summed E-state index contributed by atoms with van der Waals surface area (Å²) in [6, 6.07) is -0.578. The Balaban J connectivity index is 2.48. The third-order valence-corrected chi connectivity index (χ3v) is 1.21. The van der Waals surface area contributed by atoms with E-state index >= 15 is 0 Å². The molecule has 0 aromatic rings. The Morgan fingerprint density at radius 1 is 1.77 bits per heavy atom. The number of amides is 2. The normalized spacial score (nSPS) is 21.2. The Bertz CT molecular complexity index is 266. The summed E-state index contributed by atoms with van der Waals surface area (Å²) in [5.74, 6) is -1.30. The van der Waals surface area contributed by atoms with Crippen LogP contribution in [-0.2, 0) is 9.63 Å². The molecular weight excluding hydrogens is 181 g/mol. The Kier molecular flexibility index (Phi) is 2.80. The molecule has 0 fully saturated rings. The molecule has 1 heterocycles. The summed E-state index contributed by atoms with van der Waals surface area (Å²) >= 11 is 0. The molecule has 6 nitrogen and oxygen atoms in total. The van der Waals surface area contributed by atoms with E-state index in [2.05, 4.69) is 15.5 Å². The van der Waals surface area contributed by atoms with Gasteiger partial charge in [0.05, 0.1) is 0 Å². The van der Waals surface area contributed by atoms with Crippen LogP contribution in [0.15, 0.2) is 12.0 Å². The number of rotatable bonds is 2. The molecule has 13 heavy (non-hydrogen) atoms. The third-order valence-electron chi connectivity index (χ3n) is 1.21. The zero-order chi connectivity index (χ0) is 9.84. The van der Waals surface area contributed by atoms with E-state index in [1.54, 1.807) is 0 Å². The van der Waals surface area contributed by atoms with E-state index in [1.165, 1.54) is 0 Å². The molecule has 0 aromatic carbocycles.